The minimum Gasteiger partial charge on any atom is -0.334 e. The summed E-state index contributed by atoms with van der Waals surface area (Å²) in [5.74, 6) is 0. The van der Waals surface area contributed by atoms with Crippen molar-refractivity contribution in [2.75, 3.05) is 21.1 Å². The van der Waals surface area contributed by atoms with Crippen LogP contribution in [0.5, 0.6) is 0 Å². The number of rotatable bonds is 7. The summed E-state index contributed by atoms with van der Waals surface area (Å²) in [5, 5.41) is 2.83. The van der Waals surface area contributed by atoms with Gasteiger partial charge in [-0.15, -0.1) is 0 Å². The van der Waals surface area contributed by atoms with Gasteiger partial charge in [0.1, 0.15) is 0 Å². The zero-order chi connectivity index (χ0) is 22.4. The van der Waals surface area contributed by atoms with E-state index in [1.165, 1.54) is 18.4 Å². The molecule has 162 valence electrons. The summed E-state index contributed by atoms with van der Waals surface area (Å²) < 4.78 is 26.3. The average molecular weight is 438 g/mol. The van der Waals surface area contributed by atoms with Gasteiger partial charge in [0.2, 0.25) is 10.0 Å². The molecule has 0 aliphatic heterocycles. The Hall–Kier alpha value is -3.16. The highest BCUT2D eigenvalue weighted by molar-refractivity contribution is 7.89. The van der Waals surface area contributed by atoms with Crippen molar-refractivity contribution in [1.82, 2.24) is 14.5 Å². The number of carbonyl (C=O) groups is 1. The summed E-state index contributed by atoms with van der Waals surface area (Å²) in [4.78, 5) is 14.5. The first-order valence-corrected chi connectivity index (χ1v) is 11.4. The standard InChI is InChI=1S/C24H27N3O3S/c1-26(2)31(29,30)23-16-10-8-13-20(23)17-25-24(28)27(3)18-21-14-7-9-15-22(21)19-11-5-4-6-12-19/h4-16H,17-18H2,1-3H3,(H,25,28). The van der Waals surface area contributed by atoms with E-state index in [9.17, 15) is 13.2 Å². The van der Waals surface area contributed by atoms with Gasteiger partial charge in [0.05, 0.1) is 4.90 Å². The number of carbonyl (C=O) groups excluding carboxylic acids is 1. The first-order chi connectivity index (χ1) is 14.8. The van der Waals surface area contributed by atoms with Gasteiger partial charge in [-0.2, -0.15) is 0 Å². The number of nitrogens with one attached hydrogen (secondary N) is 1. The van der Waals surface area contributed by atoms with Gasteiger partial charge in [0.25, 0.3) is 0 Å². The van der Waals surface area contributed by atoms with E-state index in [1.54, 1.807) is 36.2 Å². The van der Waals surface area contributed by atoms with Gasteiger partial charge < -0.3 is 10.2 Å². The van der Waals surface area contributed by atoms with Crippen LogP contribution >= 0.6 is 0 Å². The van der Waals surface area contributed by atoms with Gasteiger partial charge in [-0.05, 0) is 28.3 Å². The molecular formula is C24H27N3O3S. The molecule has 7 heteroatoms. The van der Waals surface area contributed by atoms with Crippen LogP contribution in [0.15, 0.2) is 83.8 Å². The Morgan fingerprint density at radius 3 is 2.06 bits per heavy atom. The molecule has 1 N–H and O–H groups in total. The molecule has 3 aromatic carbocycles. The normalized spacial score (nSPS) is 11.4. The van der Waals surface area contributed by atoms with E-state index in [0.717, 1.165) is 16.7 Å². The fraction of sp³-hybridized carbons (Fsp3) is 0.208. The Bertz CT molecular complexity index is 1150. The molecule has 0 aliphatic rings. The molecule has 3 rings (SSSR count). The maximum absolute atomic E-state index is 12.7. The Morgan fingerprint density at radius 1 is 0.806 bits per heavy atom. The quantitative estimate of drug-likeness (QED) is 0.609. The fourth-order valence-corrected chi connectivity index (χ4v) is 4.40. The Morgan fingerprint density at radius 2 is 1.39 bits per heavy atom. The molecule has 0 unspecified atom stereocenters. The monoisotopic (exact) mass is 437 g/mol. The Kier molecular flexibility index (Phi) is 7.09. The summed E-state index contributed by atoms with van der Waals surface area (Å²) >= 11 is 0. The summed E-state index contributed by atoms with van der Waals surface area (Å²) in [6.07, 6.45) is 0. The van der Waals surface area contributed by atoms with Crippen LogP contribution in [0.3, 0.4) is 0 Å². The summed E-state index contributed by atoms with van der Waals surface area (Å²) in [6.45, 7) is 0.543. The van der Waals surface area contributed by atoms with Crippen molar-refractivity contribution in [2.24, 2.45) is 0 Å². The van der Waals surface area contributed by atoms with Gasteiger partial charge in [0.15, 0.2) is 0 Å². The van der Waals surface area contributed by atoms with Crippen LogP contribution in [0.25, 0.3) is 11.1 Å². The SMILES string of the molecule is CN(Cc1ccccc1-c1ccccc1)C(=O)NCc1ccccc1S(=O)(=O)N(C)C. The van der Waals surface area contributed by atoms with Crippen molar-refractivity contribution in [1.29, 1.82) is 0 Å². The molecule has 0 spiro atoms. The van der Waals surface area contributed by atoms with Crippen molar-refractivity contribution in [3.05, 3.63) is 90.0 Å². The van der Waals surface area contributed by atoms with Gasteiger partial charge >= 0.3 is 6.03 Å². The Labute approximate surface area is 184 Å². The fourth-order valence-electron chi connectivity index (χ4n) is 3.29. The van der Waals surface area contributed by atoms with E-state index in [1.807, 2.05) is 54.6 Å². The molecule has 0 radical (unpaired) electrons. The number of hydrogen-bond acceptors (Lipinski definition) is 3. The van der Waals surface area contributed by atoms with Crippen LogP contribution in [0.4, 0.5) is 4.79 Å². The predicted molar refractivity (Wildman–Crippen MR) is 123 cm³/mol. The van der Waals surface area contributed by atoms with Crippen LogP contribution in [-0.2, 0) is 23.1 Å². The molecule has 0 atom stereocenters. The number of amides is 2. The third-order valence-electron chi connectivity index (χ3n) is 5.02. The second-order valence-corrected chi connectivity index (χ2v) is 9.55. The lowest BCUT2D eigenvalue weighted by Crippen LogP contribution is -2.37. The maximum Gasteiger partial charge on any atom is 0.317 e. The van der Waals surface area contributed by atoms with Crippen molar-refractivity contribution in [3.8, 4) is 11.1 Å². The zero-order valence-electron chi connectivity index (χ0n) is 17.9. The lowest BCUT2D eigenvalue weighted by Gasteiger charge is -2.21. The minimum atomic E-state index is -3.59. The highest BCUT2D eigenvalue weighted by Gasteiger charge is 2.21. The minimum absolute atomic E-state index is 0.118. The van der Waals surface area contributed by atoms with E-state index in [-0.39, 0.29) is 17.5 Å². The molecule has 0 saturated heterocycles. The second kappa shape index (κ2) is 9.76. The van der Waals surface area contributed by atoms with Crippen LogP contribution in [0.2, 0.25) is 0 Å². The van der Waals surface area contributed by atoms with Gasteiger partial charge in [-0.1, -0.05) is 72.8 Å². The highest BCUT2D eigenvalue weighted by atomic mass is 32.2. The molecule has 6 nitrogen and oxygen atoms in total. The zero-order valence-corrected chi connectivity index (χ0v) is 18.8. The molecule has 0 bridgehead atoms. The van der Waals surface area contributed by atoms with Crippen LogP contribution in [0.1, 0.15) is 11.1 Å². The second-order valence-electron chi connectivity index (χ2n) is 7.43. The number of sulfonamides is 1. The molecule has 0 aromatic heterocycles. The highest BCUT2D eigenvalue weighted by Crippen LogP contribution is 2.24. The van der Waals surface area contributed by atoms with Gasteiger partial charge in [0, 0.05) is 34.2 Å². The third-order valence-corrected chi connectivity index (χ3v) is 6.93. The molecule has 2 amide bonds. The van der Waals surface area contributed by atoms with Crippen LogP contribution < -0.4 is 5.32 Å². The van der Waals surface area contributed by atoms with E-state index < -0.39 is 10.0 Å². The number of hydrogen-bond donors (Lipinski definition) is 1. The lowest BCUT2D eigenvalue weighted by atomic mass is 9.99. The molecule has 0 heterocycles. The third kappa shape index (κ3) is 5.31. The molecule has 0 fully saturated rings. The smallest absolute Gasteiger partial charge is 0.317 e. The number of nitrogens with zero attached hydrogens (tertiary/aromatic N) is 2. The van der Waals surface area contributed by atoms with Gasteiger partial charge in [-0.3, -0.25) is 0 Å². The first kappa shape index (κ1) is 22.5. The summed E-state index contributed by atoms with van der Waals surface area (Å²) in [5.41, 5.74) is 3.74. The Balaban J connectivity index is 1.72. The van der Waals surface area contributed by atoms with Crippen molar-refractivity contribution in [3.63, 3.8) is 0 Å². The predicted octanol–water partition coefficient (Wildman–Crippen LogP) is 3.95. The molecule has 3 aromatic rings. The van der Waals surface area contributed by atoms with Crippen LogP contribution in [-0.4, -0.2) is 44.8 Å². The number of urea groups is 1. The van der Waals surface area contributed by atoms with E-state index in [2.05, 4.69) is 5.32 Å². The molecular weight excluding hydrogens is 410 g/mol. The number of benzene rings is 3. The van der Waals surface area contributed by atoms with E-state index in [4.69, 9.17) is 0 Å². The van der Waals surface area contributed by atoms with E-state index >= 15 is 0 Å². The van der Waals surface area contributed by atoms with Crippen molar-refractivity contribution in [2.45, 2.75) is 18.0 Å². The summed E-state index contributed by atoms with van der Waals surface area (Å²) in [6, 6.07) is 24.4. The topological polar surface area (TPSA) is 69.7 Å². The van der Waals surface area contributed by atoms with E-state index in [0.29, 0.717) is 12.1 Å². The largest absolute Gasteiger partial charge is 0.334 e. The molecule has 0 saturated carbocycles. The first-order valence-electron chi connectivity index (χ1n) is 9.93. The molecule has 0 aliphatic carbocycles. The van der Waals surface area contributed by atoms with Crippen LogP contribution in [0, 0.1) is 0 Å². The average Bonchev–Trinajstić information content (AvgIpc) is 2.78. The van der Waals surface area contributed by atoms with Gasteiger partial charge in [-0.25, -0.2) is 17.5 Å². The lowest BCUT2D eigenvalue weighted by molar-refractivity contribution is 0.206. The van der Waals surface area contributed by atoms with Crippen molar-refractivity contribution >= 4 is 16.1 Å². The summed E-state index contributed by atoms with van der Waals surface area (Å²) in [7, 11) is 1.11. The molecule has 31 heavy (non-hydrogen) atoms. The maximum atomic E-state index is 12.7. The van der Waals surface area contributed by atoms with Crippen molar-refractivity contribution < 1.29 is 13.2 Å².